The lowest BCUT2D eigenvalue weighted by Gasteiger charge is -2.11. The number of nitrogens with zero attached hydrogens (tertiary/aromatic N) is 4. The Bertz CT molecular complexity index is 1690. The zero-order valence-corrected chi connectivity index (χ0v) is 25.6. The van der Waals surface area contributed by atoms with Crippen LogP contribution in [0.4, 0.5) is 11.9 Å². The molecule has 10 heteroatoms. The molecule has 0 aliphatic rings. The van der Waals surface area contributed by atoms with Crippen molar-refractivity contribution >= 4 is 78.5 Å². The molecule has 0 atom stereocenters. The topological polar surface area (TPSA) is 75.6 Å². The monoisotopic (exact) mass is 628 g/mol. The van der Waals surface area contributed by atoms with Crippen molar-refractivity contribution in [1.82, 2.24) is 19.9 Å². The molecule has 0 saturated carbocycles. The minimum absolute atomic E-state index is 0.611. The number of aromatic nitrogens is 4. The van der Waals surface area contributed by atoms with Gasteiger partial charge in [-0.05, 0) is 36.4 Å². The van der Waals surface area contributed by atoms with Crippen LogP contribution in [0.3, 0.4) is 0 Å². The van der Waals surface area contributed by atoms with Crippen molar-refractivity contribution in [2.45, 2.75) is 0 Å². The van der Waals surface area contributed by atoms with E-state index in [1.165, 1.54) is 0 Å². The molecule has 210 valence electrons. The van der Waals surface area contributed by atoms with Crippen molar-refractivity contribution in [1.29, 1.82) is 0 Å². The highest BCUT2D eigenvalue weighted by molar-refractivity contribution is 8.76. The largest absolute Gasteiger partial charge is 0.353 e. The number of nitrogens with one attached hydrogen (secondary N) is 2. The van der Waals surface area contributed by atoms with Gasteiger partial charge in [0, 0.05) is 56.5 Å². The van der Waals surface area contributed by atoms with Gasteiger partial charge in [-0.3, -0.25) is 0 Å². The number of fused-ring (bicyclic) bond motifs is 2. The van der Waals surface area contributed by atoms with Crippen molar-refractivity contribution in [2.75, 3.05) is 35.2 Å². The summed E-state index contributed by atoms with van der Waals surface area (Å²) >= 11 is 12.6. The fraction of sp³-hybridized carbons (Fsp3) is 0.125. The first-order valence-corrected chi connectivity index (χ1v) is 16.7. The quantitative estimate of drug-likeness (QED) is 0.109. The molecule has 4 aromatic carbocycles. The van der Waals surface area contributed by atoms with Crippen LogP contribution in [0.5, 0.6) is 0 Å². The van der Waals surface area contributed by atoms with Gasteiger partial charge >= 0.3 is 0 Å². The molecule has 2 heterocycles. The van der Waals surface area contributed by atoms with Crippen molar-refractivity contribution in [2.24, 2.45) is 0 Å². The molecule has 0 radical (unpaired) electrons. The SMILES string of the molecule is Clc1ccc2nc(NCCSSCCNc3nc(-c4ccccc4)c4cc(Cl)ccc4n3)nc(-c3ccccc3)c2c1. The summed E-state index contributed by atoms with van der Waals surface area (Å²) in [5, 5.41) is 9.98. The van der Waals surface area contributed by atoms with Crippen molar-refractivity contribution in [3.8, 4) is 22.5 Å². The average molecular weight is 630 g/mol. The average Bonchev–Trinajstić information content (AvgIpc) is 3.02. The standard InChI is InChI=1S/C32H26Cl2N6S2/c33-23-11-13-27-25(19-23)29(21-7-3-1-4-8-21)39-31(37-27)35-15-17-41-42-18-16-36-32-38-28-14-12-24(34)20-26(28)30(40-32)22-9-5-2-6-10-22/h1-14,19-20H,15-18H2,(H,35,37,39)(H,36,38,40). The minimum atomic E-state index is 0.611. The van der Waals surface area contributed by atoms with E-state index >= 15 is 0 Å². The lowest BCUT2D eigenvalue weighted by atomic mass is 10.1. The second-order valence-electron chi connectivity index (χ2n) is 9.34. The van der Waals surface area contributed by atoms with Crippen LogP contribution in [0, 0.1) is 0 Å². The number of hydrogen-bond donors (Lipinski definition) is 2. The van der Waals surface area contributed by atoms with Gasteiger partial charge in [0.2, 0.25) is 11.9 Å². The molecule has 0 bridgehead atoms. The Morgan fingerprint density at radius 3 is 1.38 bits per heavy atom. The van der Waals surface area contributed by atoms with Gasteiger partial charge in [-0.1, -0.05) is 105 Å². The molecule has 6 rings (SSSR count). The number of halogens is 2. The summed E-state index contributed by atoms with van der Waals surface area (Å²) in [6.45, 7) is 1.49. The molecule has 2 aromatic heterocycles. The van der Waals surface area contributed by atoms with Crippen LogP contribution in [0.25, 0.3) is 44.3 Å². The van der Waals surface area contributed by atoms with Gasteiger partial charge in [-0.25, -0.2) is 19.9 Å². The van der Waals surface area contributed by atoms with Crippen LogP contribution < -0.4 is 10.6 Å². The maximum absolute atomic E-state index is 6.28. The molecule has 0 aliphatic carbocycles. The highest BCUT2D eigenvalue weighted by atomic mass is 35.5. The number of benzene rings is 4. The molecule has 0 unspecified atom stereocenters. The normalized spacial score (nSPS) is 11.2. The summed E-state index contributed by atoms with van der Waals surface area (Å²) in [6, 6.07) is 31.7. The maximum atomic E-state index is 6.28. The smallest absolute Gasteiger partial charge is 0.223 e. The second kappa shape index (κ2) is 13.6. The minimum Gasteiger partial charge on any atom is -0.353 e. The first-order chi connectivity index (χ1) is 20.6. The predicted octanol–water partition coefficient (Wildman–Crippen LogP) is 9.12. The van der Waals surface area contributed by atoms with E-state index < -0.39 is 0 Å². The van der Waals surface area contributed by atoms with E-state index in [1.54, 1.807) is 21.6 Å². The van der Waals surface area contributed by atoms with E-state index in [0.717, 1.165) is 68.9 Å². The van der Waals surface area contributed by atoms with Gasteiger partial charge in [0.15, 0.2) is 0 Å². The molecule has 2 N–H and O–H groups in total. The summed E-state index contributed by atoms with van der Waals surface area (Å²) in [5.41, 5.74) is 5.52. The lowest BCUT2D eigenvalue weighted by Crippen LogP contribution is -2.09. The van der Waals surface area contributed by atoms with Gasteiger partial charge in [0.25, 0.3) is 0 Å². The van der Waals surface area contributed by atoms with Gasteiger partial charge in [0.05, 0.1) is 22.4 Å². The fourth-order valence-electron chi connectivity index (χ4n) is 4.52. The van der Waals surface area contributed by atoms with Crippen LogP contribution in [0.2, 0.25) is 10.0 Å². The van der Waals surface area contributed by atoms with E-state index in [2.05, 4.69) is 10.6 Å². The van der Waals surface area contributed by atoms with Crippen molar-refractivity contribution < 1.29 is 0 Å². The number of rotatable bonds is 11. The van der Waals surface area contributed by atoms with Gasteiger partial charge in [0.1, 0.15) is 0 Å². The third-order valence-electron chi connectivity index (χ3n) is 6.43. The molecule has 0 spiro atoms. The Kier molecular flexibility index (Phi) is 9.25. The van der Waals surface area contributed by atoms with E-state index in [4.69, 9.17) is 43.1 Å². The van der Waals surface area contributed by atoms with E-state index in [9.17, 15) is 0 Å². The Morgan fingerprint density at radius 1 is 0.524 bits per heavy atom. The third kappa shape index (κ3) is 6.90. The highest BCUT2D eigenvalue weighted by Crippen LogP contribution is 2.31. The first-order valence-electron chi connectivity index (χ1n) is 13.4. The van der Waals surface area contributed by atoms with E-state index in [0.29, 0.717) is 21.9 Å². The Hall–Kier alpha value is -3.56. The molecule has 0 saturated heterocycles. The van der Waals surface area contributed by atoms with Crippen LogP contribution in [-0.2, 0) is 0 Å². The van der Waals surface area contributed by atoms with E-state index in [-0.39, 0.29) is 0 Å². The highest BCUT2D eigenvalue weighted by Gasteiger charge is 2.12. The number of hydrogen-bond acceptors (Lipinski definition) is 8. The zero-order chi connectivity index (χ0) is 28.7. The fourth-order valence-corrected chi connectivity index (χ4v) is 6.68. The summed E-state index contributed by atoms with van der Waals surface area (Å²) in [4.78, 5) is 19.1. The third-order valence-corrected chi connectivity index (χ3v) is 9.31. The summed E-state index contributed by atoms with van der Waals surface area (Å²) in [5.74, 6) is 3.03. The molecular formula is C32H26Cl2N6S2. The lowest BCUT2D eigenvalue weighted by molar-refractivity contribution is 1.12. The van der Waals surface area contributed by atoms with Crippen LogP contribution >= 0.6 is 44.8 Å². The van der Waals surface area contributed by atoms with Crippen molar-refractivity contribution in [3.63, 3.8) is 0 Å². The zero-order valence-electron chi connectivity index (χ0n) is 22.4. The predicted molar refractivity (Wildman–Crippen MR) is 182 cm³/mol. The summed E-state index contributed by atoms with van der Waals surface area (Å²) in [6.07, 6.45) is 0. The molecule has 42 heavy (non-hydrogen) atoms. The molecule has 6 aromatic rings. The molecular weight excluding hydrogens is 603 g/mol. The van der Waals surface area contributed by atoms with Crippen LogP contribution in [0.1, 0.15) is 0 Å². The van der Waals surface area contributed by atoms with E-state index in [1.807, 2.05) is 97.1 Å². The summed E-state index contributed by atoms with van der Waals surface area (Å²) in [7, 11) is 3.61. The summed E-state index contributed by atoms with van der Waals surface area (Å²) < 4.78 is 0. The Balaban J connectivity index is 1.02. The van der Waals surface area contributed by atoms with Crippen LogP contribution in [0.15, 0.2) is 97.1 Å². The van der Waals surface area contributed by atoms with Gasteiger partial charge < -0.3 is 10.6 Å². The van der Waals surface area contributed by atoms with Crippen molar-refractivity contribution in [3.05, 3.63) is 107 Å². The Labute approximate surface area is 262 Å². The molecule has 0 fully saturated rings. The number of anilines is 2. The van der Waals surface area contributed by atoms with Gasteiger partial charge in [-0.2, -0.15) is 0 Å². The maximum Gasteiger partial charge on any atom is 0.223 e. The van der Waals surface area contributed by atoms with Crippen LogP contribution in [-0.4, -0.2) is 44.5 Å². The van der Waals surface area contributed by atoms with Gasteiger partial charge in [-0.15, -0.1) is 0 Å². The molecule has 6 nitrogen and oxygen atoms in total. The molecule has 0 amide bonds. The molecule has 0 aliphatic heterocycles. The first kappa shape index (κ1) is 28.6. The second-order valence-corrected chi connectivity index (χ2v) is 12.9. The Morgan fingerprint density at radius 2 is 0.952 bits per heavy atom.